The lowest BCUT2D eigenvalue weighted by Gasteiger charge is -2.22. The fourth-order valence-corrected chi connectivity index (χ4v) is 3.67. The first kappa shape index (κ1) is 17.6. The predicted octanol–water partition coefficient (Wildman–Crippen LogP) is 3.01. The number of carbonyl (C=O) groups excluding carboxylic acids is 1. The van der Waals surface area contributed by atoms with E-state index in [0.717, 1.165) is 29.9 Å². The van der Waals surface area contributed by atoms with Crippen molar-refractivity contribution in [3.8, 4) is 0 Å². The summed E-state index contributed by atoms with van der Waals surface area (Å²) < 4.78 is 10.5. The summed E-state index contributed by atoms with van der Waals surface area (Å²) in [6, 6.07) is 0.298. The smallest absolute Gasteiger partial charge is 0.228 e. The van der Waals surface area contributed by atoms with Gasteiger partial charge in [-0.05, 0) is 32.6 Å². The maximum Gasteiger partial charge on any atom is 0.228 e. The Morgan fingerprint density at radius 3 is 2.64 bits per heavy atom. The van der Waals surface area contributed by atoms with Crippen LogP contribution in [0.3, 0.4) is 0 Å². The third-order valence-corrected chi connectivity index (χ3v) is 4.86. The fraction of sp³-hybridized carbons (Fsp3) is 0.667. The van der Waals surface area contributed by atoms with Gasteiger partial charge in [-0.25, -0.2) is 0 Å². The lowest BCUT2D eigenvalue weighted by atomic mass is 9.95. The highest BCUT2D eigenvalue weighted by Gasteiger charge is 2.21. The van der Waals surface area contributed by atoms with Crippen LogP contribution in [0.2, 0.25) is 0 Å². The quantitative estimate of drug-likeness (QED) is 0.864. The Morgan fingerprint density at radius 1 is 1.20 bits per heavy atom. The summed E-state index contributed by atoms with van der Waals surface area (Å²) in [4.78, 5) is 16.5. The molecule has 2 heterocycles. The summed E-state index contributed by atoms with van der Waals surface area (Å²) in [5.74, 6) is 1.92. The van der Waals surface area contributed by atoms with Crippen LogP contribution in [-0.2, 0) is 17.6 Å². The summed E-state index contributed by atoms with van der Waals surface area (Å²) in [5.41, 5.74) is 1.96. The number of amides is 1. The van der Waals surface area contributed by atoms with Crippen LogP contribution in [0.25, 0.3) is 0 Å². The van der Waals surface area contributed by atoms with Gasteiger partial charge in [0.15, 0.2) is 5.82 Å². The third kappa shape index (κ3) is 4.46. The number of nitrogens with one attached hydrogen (secondary N) is 1. The van der Waals surface area contributed by atoms with Gasteiger partial charge in [-0.15, -0.1) is 0 Å². The highest BCUT2D eigenvalue weighted by molar-refractivity contribution is 5.78. The van der Waals surface area contributed by atoms with Crippen molar-refractivity contribution in [3.63, 3.8) is 0 Å². The molecule has 0 spiro atoms. The molecule has 0 bridgehead atoms. The zero-order valence-corrected chi connectivity index (χ0v) is 15.2. The molecule has 7 heteroatoms. The van der Waals surface area contributed by atoms with Crippen LogP contribution < -0.4 is 5.32 Å². The van der Waals surface area contributed by atoms with E-state index in [1.165, 1.54) is 19.3 Å². The van der Waals surface area contributed by atoms with Crippen molar-refractivity contribution >= 4 is 5.91 Å². The van der Waals surface area contributed by atoms with Crippen molar-refractivity contribution < 1.29 is 13.8 Å². The molecule has 0 saturated heterocycles. The average molecular weight is 346 g/mol. The van der Waals surface area contributed by atoms with Crippen LogP contribution >= 0.6 is 0 Å². The number of carbonyl (C=O) groups is 1. The summed E-state index contributed by atoms with van der Waals surface area (Å²) in [5, 5.41) is 11.0. The minimum Gasteiger partial charge on any atom is -0.361 e. The molecule has 0 aromatic carbocycles. The number of aromatic nitrogens is 3. The van der Waals surface area contributed by atoms with Gasteiger partial charge in [0.05, 0.1) is 12.1 Å². The Bertz CT molecular complexity index is 696. The normalized spacial score (nSPS) is 16.8. The van der Waals surface area contributed by atoms with Crippen LogP contribution in [0.4, 0.5) is 0 Å². The maximum atomic E-state index is 12.1. The van der Waals surface area contributed by atoms with Gasteiger partial charge in [-0.3, -0.25) is 4.79 Å². The van der Waals surface area contributed by atoms with E-state index in [0.29, 0.717) is 24.2 Å². The van der Waals surface area contributed by atoms with E-state index in [9.17, 15) is 4.79 Å². The highest BCUT2D eigenvalue weighted by atomic mass is 16.5. The Labute approximate surface area is 147 Å². The van der Waals surface area contributed by atoms with E-state index in [1.807, 2.05) is 13.8 Å². The van der Waals surface area contributed by atoms with E-state index >= 15 is 0 Å². The molecule has 1 atom stereocenters. The SMILES string of the molecule is Cc1noc(C)c1C(C)Cc1nc(CC(=O)NC2CCCCC2)no1. The largest absolute Gasteiger partial charge is 0.361 e. The van der Waals surface area contributed by atoms with Crippen molar-refractivity contribution in [1.29, 1.82) is 0 Å². The Kier molecular flexibility index (Phi) is 5.50. The van der Waals surface area contributed by atoms with Crippen molar-refractivity contribution in [1.82, 2.24) is 20.6 Å². The zero-order valence-electron chi connectivity index (χ0n) is 15.2. The van der Waals surface area contributed by atoms with Crippen LogP contribution in [-0.4, -0.2) is 27.2 Å². The van der Waals surface area contributed by atoms with Crippen LogP contribution in [0.1, 0.15) is 73.7 Å². The van der Waals surface area contributed by atoms with Crippen LogP contribution in [0.15, 0.2) is 9.05 Å². The van der Waals surface area contributed by atoms with E-state index in [2.05, 4.69) is 27.5 Å². The first-order valence-corrected chi connectivity index (χ1v) is 9.06. The fourth-order valence-electron chi connectivity index (χ4n) is 3.67. The Balaban J connectivity index is 1.54. The van der Waals surface area contributed by atoms with Gasteiger partial charge < -0.3 is 14.4 Å². The molecule has 1 saturated carbocycles. The van der Waals surface area contributed by atoms with Gasteiger partial charge in [-0.2, -0.15) is 4.98 Å². The monoisotopic (exact) mass is 346 g/mol. The van der Waals surface area contributed by atoms with Crippen molar-refractivity contribution in [2.75, 3.05) is 0 Å². The molecule has 1 N–H and O–H groups in total. The maximum absolute atomic E-state index is 12.1. The van der Waals surface area contributed by atoms with E-state index in [-0.39, 0.29) is 18.2 Å². The molecule has 1 unspecified atom stereocenters. The molecule has 136 valence electrons. The van der Waals surface area contributed by atoms with Crippen LogP contribution in [0, 0.1) is 13.8 Å². The van der Waals surface area contributed by atoms with Crippen molar-refractivity contribution in [3.05, 3.63) is 28.7 Å². The second-order valence-electron chi connectivity index (χ2n) is 7.03. The van der Waals surface area contributed by atoms with E-state index in [4.69, 9.17) is 9.05 Å². The molecular formula is C18H26N4O3. The van der Waals surface area contributed by atoms with Crippen LogP contribution in [0.5, 0.6) is 0 Å². The van der Waals surface area contributed by atoms with Gasteiger partial charge in [0.2, 0.25) is 11.8 Å². The molecule has 25 heavy (non-hydrogen) atoms. The molecule has 7 nitrogen and oxygen atoms in total. The molecule has 0 aliphatic heterocycles. The molecule has 0 radical (unpaired) electrons. The van der Waals surface area contributed by atoms with Gasteiger partial charge in [0.25, 0.3) is 0 Å². The number of hydrogen-bond donors (Lipinski definition) is 1. The molecular weight excluding hydrogens is 320 g/mol. The minimum atomic E-state index is -0.0296. The zero-order chi connectivity index (χ0) is 17.8. The van der Waals surface area contributed by atoms with E-state index < -0.39 is 0 Å². The summed E-state index contributed by atoms with van der Waals surface area (Å²) >= 11 is 0. The number of rotatable bonds is 6. The number of nitrogens with zero attached hydrogens (tertiary/aromatic N) is 3. The average Bonchev–Trinajstić information content (AvgIpc) is 3.14. The standard InChI is InChI=1S/C18H26N4O3/c1-11(18-12(2)21-24-13(18)3)9-17-20-15(22-25-17)10-16(23)19-14-7-5-4-6-8-14/h11,14H,4-10H2,1-3H3,(H,19,23). The summed E-state index contributed by atoms with van der Waals surface area (Å²) in [6.07, 6.45) is 6.55. The van der Waals surface area contributed by atoms with Gasteiger partial charge in [0, 0.05) is 18.0 Å². The molecule has 3 rings (SSSR count). The molecule has 2 aromatic rings. The molecule has 2 aromatic heterocycles. The Morgan fingerprint density at radius 2 is 1.96 bits per heavy atom. The predicted molar refractivity (Wildman–Crippen MR) is 91.1 cm³/mol. The molecule has 1 aliphatic carbocycles. The van der Waals surface area contributed by atoms with Crippen molar-refractivity contribution in [2.45, 2.75) is 77.7 Å². The summed E-state index contributed by atoms with van der Waals surface area (Å²) in [6.45, 7) is 5.91. The molecule has 1 aliphatic rings. The second-order valence-corrected chi connectivity index (χ2v) is 7.03. The van der Waals surface area contributed by atoms with Gasteiger partial charge in [0.1, 0.15) is 5.76 Å². The number of hydrogen-bond acceptors (Lipinski definition) is 6. The Hall–Kier alpha value is -2.18. The third-order valence-electron chi connectivity index (χ3n) is 4.86. The lowest BCUT2D eigenvalue weighted by Crippen LogP contribution is -2.37. The number of aryl methyl sites for hydroxylation is 2. The lowest BCUT2D eigenvalue weighted by molar-refractivity contribution is -0.121. The molecule has 1 amide bonds. The minimum absolute atomic E-state index is 0.0296. The molecule has 1 fully saturated rings. The highest BCUT2D eigenvalue weighted by Crippen LogP contribution is 2.26. The first-order valence-electron chi connectivity index (χ1n) is 9.06. The van der Waals surface area contributed by atoms with Crippen molar-refractivity contribution in [2.24, 2.45) is 0 Å². The topological polar surface area (TPSA) is 94.0 Å². The summed E-state index contributed by atoms with van der Waals surface area (Å²) in [7, 11) is 0. The van der Waals surface area contributed by atoms with Gasteiger partial charge in [-0.1, -0.05) is 36.5 Å². The van der Waals surface area contributed by atoms with E-state index in [1.54, 1.807) is 0 Å². The van der Waals surface area contributed by atoms with Gasteiger partial charge >= 0.3 is 0 Å². The first-order chi connectivity index (χ1) is 12.0. The second kappa shape index (κ2) is 7.80.